The molecule has 3 aromatic rings. The number of rotatable bonds is 4. The Kier molecular flexibility index (Phi) is 4.37. The molecule has 136 valence electrons. The number of likely N-dealkylation sites (tertiary alicyclic amines) is 1. The van der Waals surface area contributed by atoms with Gasteiger partial charge in [0.1, 0.15) is 11.3 Å². The van der Waals surface area contributed by atoms with E-state index >= 15 is 0 Å². The minimum atomic E-state index is -0.334. The topological polar surface area (TPSA) is 73.1 Å². The molecule has 0 radical (unpaired) electrons. The van der Waals surface area contributed by atoms with Crippen LogP contribution in [0, 0.1) is 0 Å². The average molecular weight is 373 g/mol. The Bertz CT molecular complexity index is 1040. The fourth-order valence-corrected chi connectivity index (χ4v) is 4.49. The van der Waals surface area contributed by atoms with Gasteiger partial charge in [-0.2, -0.15) is 0 Å². The second-order valence-corrected chi connectivity index (χ2v) is 7.29. The Morgan fingerprint density at radius 1 is 1.38 bits per heavy atom. The molecule has 1 aliphatic rings. The van der Waals surface area contributed by atoms with Crippen LogP contribution in [0.25, 0.3) is 15.2 Å². The van der Waals surface area contributed by atoms with Gasteiger partial charge in [-0.15, -0.1) is 0 Å². The number of ether oxygens (including phenoxy) is 2. The SMILES string of the molecule is COCC1CCCN1C(=O)c1cnc2sc3cc(OC)ccc3n2c1=O. The zero-order valence-electron chi connectivity index (χ0n) is 14.6. The summed E-state index contributed by atoms with van der Waals surface area (Å²) in [5, 5.41) is 0. The molecule has 2 aromatic heterocycles. The van der Waals surface area contributed by atoms with Gasteiger partial charge in [-0.1, -0.05) is 11.3 Å². The highest BCUT2D eigenvalue weighted by atomic mass is 32.1. The molecule has 1 aromatic carbocycles. The number of thiazole rings is 1. The Labute approximate surface area is 153 Å². The van der Waals surface area contributed by atoms with Gasteiger partial charge in [0.05, 0.1) is 30.0 Å². The quantitative estimate of drug-likeness (QED) is 0.701. The molecule has 26 heavy (non-hydrogen) atoms. The third kappa shape index (κ3) is 2.65. The number of hydrogen-bond donors (Lipinski definition) is 0. The van der Waals surface area contributed by atoms with Gasteiger partial charge in [-0.3, -0.25) is 14.0 Å². The maximum absolute atomic E-state index is 13.0. The number of carbonyl (C=O) groups excluding carboxylic acids is 1. The van der Waals surface area contributed by atoms with Crippen molar-refractivity contribution in [3.05, 3.63) is 40.3 Å². The minimum Gasteiger partial charge on any atom is -0.497 e. The third-order valence-corrected chi connectivity index (χ3v) is 5.78. The van der Waals surface area contributed by atoms with Crippen LogP contribution in [0.3, 0.4) is 0 Å². The average Bonchev–Trinajstić information content (AvgIpc) is 3.25. The molecule has 1 saturated heterocycles. The minimum absolute atomic E-state index is 0.0103. The molecule has 0 saturated carbocycles. The molecular weight excluding hydrogens is 354 g/mol. The molecule has 1 fully saturated rings. The van der Waals surface area contributed by atoms with Crippen LogP contribution in [-0.4, -0.2) is 53.6 Å². The zero-order chi connectivity index (χ0) is 18.3. The van der Waals surface area contributed by atoms with Crippen molar-refractivity contribution < 1.29 is 14.3 Å². The van der Waals surface area contributed by atoms with E-state index in [1.165, 1.54) is 21.9 Å². The second-order valence-electron chi connectivity index (χ2n) is 6.28. The summed E-state index contributed by atoms with van der Waals surface area (Å²) in [6.45, 7) is 1.11. The first-order chi connectivity index (χ1) is 12.6. The number of hydrogen-bond acceptors (Lipinski definition) is 6. The molecule has 1 atom stereocenters. The summed E-state index contributed by atoms with van der Waals surface area (Å²) in [6, 6.07) is 5.49. The fourth-order valence-electron chi connectivity index (χ4n) is 3.48. The Balaban J connectivity index is 1.81. The van der Waals surface area contributed by atoms with Crippen molar-refractivity contribution in [2.45, 2.75) is 18.9 Å². The molecule has 7 nitrogen and oxygen atoms in total. The van der Waals surface area contributed by atoms with E-state index in [0.29, 0.717) is 23.9 Å². The number of methoxy groups -OCH3 is 2. The van der Waals surface area contributed by atoms with Crippen LogP contribution in [0.4, 0.5) is 0 Å². The van der Waals surface area contributed by atoms with E-state index in [-0.39, 0.29) is 23.1 Å². The van der Waals surface area contributed by atoms with Gasteiger partial charge >= 0.3 is 0 Å². The lowest BCUT2D eigenvalue weighted by atomic mass is 10.2. The predicted molar refractivity (Wildman–Crippen MR) is 99.3 cm³/mol. The van der Waals surface area contributed by atoms with Crippen molar-refractivity contribution in [3.63, 3.8) is 0 Å². The predicted octanol–water partition coefficient (Wildman–Crippen LogP) is 2.17. The lowest BCUT2D eigenvalue weighted by Crippen LogP contribution is -2.40. The largest absolute Gasteiger partial charge is 0.497 e. The summed E-state index contributed by atoms with van der Waals surface area (Å²) in [5.41, 5.74) is 0.494. The van der Waals surface area contributed by atoms with Crippen LogP contribution in [0.5, 0.6) is 5.75 Å². The molecular formula is C18H19N3O4S. The van der Waals surface area contributed by atoms with Crippen molar-refractivity contribution in [1.29, 1.82) is 0 Å². The first kappa shape index (κ1) is 17.0. The molecule has 0 spiro atoms. The number of aromatic nitrogens is 2. The van der Waals surface area contributed by atoms with Crippen LogP contribution < -0.4 is 10.3 Å². The summed E-state index contributed by atoms with van der Waals surface area (Å²) < 4.78 is 12.8. The van der Waals surface area contributed by atoms with E-state index in [9.17, 15) is 9.59 Å². The van der Waals surface area contributed by atoms with E-state index in [4.69, 9.17) is 9.47 Å². The van der Waals surface area contributed by atoms with Crippen molar-refractivity contribution in [3.8, 4) is 5.75 Å². The number of fused-ring (bicyclic) bond motifs is 3. The Morgan fingerprint density at radius 2 is 2.23 bits per heavy atom. The van der Waals surface area contributed by atoms with Crippen LogP contribution in [0.1, 0.15) is 23.2 Å². The van der Waals surface area contributed by atoms with Crippen molar-refractivity contribution in [2.24, 2.45) is 0 Å². The fraction of sp³-hybridized carbons (Fsp3) is 0.389. The molecule has 0 bridgehead atoms. The van der Waals surface area contributed by atoms with Crippen molar-refractivity contribution in [2.75, 3.05) is 27.4 Å². The molecule has 0 aliphatic carbocycles. The summed E-state index contributed by atoms with van der Waals surface area (Å²) >= 11 is 1.39. The Morgan fingerprint density at radius 3 is 3.00 bits per heavy atom. The van der Waals surface area contributed by atoms with Gasteiger partial charge in [-0.25, -0.2) is 4.98 Å². The second kappa shape index (κ2) is 6.69. The smallest absolute Gasteiger partial charge is 0.271 e. The van der Waals surface area contributed by atoms with Crippen molar-refractivity contribution >= 4 is 32.4 Å². The summed E-state index contributed by atoms with van der Waals surface area (Å²) in [7, 11) is 3.22. The van der Waals surface area contributed by atoms with Gasteiger partial charge in [0.2, 0.25) is 0 Å². The first-order valence-corrected chi connectivity index (χ1v) is 9.24. The van der Waals surface area contributed by atoms with Crippen LogP contribution >= 0.6 is 11.3 Å². The number of carbonyl (C=O) groups is 1. The number of benzene rings is 1. The molecule has 8 heteroatoms. The summed E-state index contributed by atoms with van der Waals surface area (Å²) in [6.07, 6.45) is 3.20. The molecule has 1 unspecified atom stereocenters. The van der Waals surface area contributed by atoms with Gasteiger partial charge in [0.15, 0.2) is 4.96 Å². The maximum atomic E-state index is 13.0. The van der Waals surface area contributed by atoms with Crippen LogP contribution in [-0.2, 0) is 4.74 Å². The highest BCUT2D eigenvalue weighted by molar-refractivity contribution is 7.23. The normalized spacial score (nSPS) is 17.3. The van der Waals surface area contributed by atoms with E-state index in [1.54, 1.807) is 25.2 Å². The monoisotopic (exact) mass is 373 g/mol. The summed E-state index contributed by atoms with van der Waals surface area (Å²) in [4.78, 5) is 32.6. The Hall–Kier alpha value is -2.45. The highest BCUT2D eigenvalue weighted by Gasteiger charge is 2.31. The van der Waals surface area contributed by atoms with Crippen LogP contribution in [0.15, 0.2) is 29.2 Å². The molecule has 4 rings (SSSR count). The lowest BCUT2D eigenvalue weighted by molar-refractivity contribution is 0.0628. The third-order valence-electron chi connectivity index (χ3n) is 4.77. The molecule has 3 heterocycles. The van der Waals surface area contributed by atoms with E-state index in [0.717, 1.165) is 23.1 Å². The standard InChI is InChI=1S/C18H19N3O4S/c1-24-10-11-4-3-7-20(11)16(22)13-9-19-18-21(17(13)23)14-6-5-12(25-2)8-15(14)26-18/h5-6,8-9,11H,3-4,7,10H2,1-2H3. The molecule has 1 amide bonds. The maximum Gasteiger partial charge on any atom is 0.271 e. The van der Waals surface area contributed by atoms with E-state index in [1.807, 2.05) is 12.1 Å². The number of nitrogens with zero attached hydrogens (tertiary/aromatic N) is 3. The van der Waals surface area contributed by atoms with Gasteiger partial charge in [0, 0.05) is 19.9 Å². The highest BCUT2D eigenvalue weighted by Crippen LogP contribution is 2.28. The molecule has 1 aliphatic heterocycles. The van der Waals surface area contributed by atoms with Crippen molar-refractivity contribution in [1.82, 2.24) is 14.3 Å². The number of amides is 1. The lowest BCUT2D eigenvalue weighted by Gasteiger charge is -2.23. The van der Waals surface area contributed by atoms with E-state index in [2.05, 4.69) is 4.98 Å². The first-order valence-electron chi connectivity index (χ1n) is 8.42. The van der Waals surface area contributed by atoms with E-state index < -0.39 is 0 Å². The van der Waals surface area contributed by atoms with Gasteiger partial charge in [-0.05, 0) is 31.0 Å². The van der Waals surface area contributed by atoms with Gasteiger partial charge < -0.3 is 14.4 Å². The summed E-state index contributed by atoms with van der Waals surface area (Å²) in [5.74, 6) is 0.442. The molecule has 0 N–H and O–H groups in total. The zero-order valence-corrected chi connectivity index (χ0v) is 15.4. The van der Waals surface area contributed by atoms with Crippen LogP contribution in [0.2, 0.25) is 0 Å². The van der Waals surface area contributed by atoms with Gasteiger partial charge in [0.25, 0.3) is 11.5 Å².